The molecule has 0 unspecified atom stereocenters. The molecule has 1 N–H and O–H groups in total. The van der Waals surface area contributed by atoms with Crippen molar-refractivity contribution < 1.29 is 9.53 Å². The van der Waals surface area contributed by atoms with Gasteiger partial charge < -0.3 is 14.6 Å². The number of hydrogen-bond acceptors (Lipinski definition) is 4. The van der Waals surface area contributed by atoms with Crippen molar-refractivity contribution in [3.63, 3.8) is 0 Å². The predicted octanol–water partition coefficient (Wildman–Crippen LogP) is 4.45. The molecular formula is C28H30N4O2. The summed E-state index contributed by atoms with van der Waals surface area (Å²) in [6, 6.07) is 23.0. The molecule has 34 heavy (non-hydrogen) atoms. The average molecular weight is 455 g/mol. The van der Waals surface area contributed by atoms with E-state index in [-0.39, 0.29) is 11.9 Å². The third-order valence-electron chi connectivity index (χ3n) is 6.56. The van der Waals surface area contributed by atoms with Gasteiger partial charge in [-0.15, -0.1) is 0 Å². The minimum atomic E-state index is 0.0368. The smallest absolute Gasteiger partial charge is 0.270 e. The Kier molecular flexibility index (Phi) is 6.32. The molecule has 1 atom stereocenters. The number of amides is 1. The normalized spacial score (nSPS) is 16.6. The van der Waals surface area contributed by atoms with Crippen molar-refractivity contribution in [2.45, 2.75) is 25.9 Å². The van der Waals surface area contributed by atoms with Gasteiger partial charge in [0.05, 0.1) is 7.11 Å². The highest BCUT2D eigenvalue weighted by Gasteiger charge is 2.31. The third-order valence-corrected chi connectivity index (χ3v) is 6.56. The summed E-state index contributed by atoms with van der Waals surface area (Å²) in [7, 11) is 1.70. The van der Waals surface area contributed by atoms with Crippen molar-refractivity contribution in [1.29, 1.82) is 0 Å². The first-order chi connectivity index (χ1) is 16.6. The number of hydrogen-bond donors (Lipinski definition) is 1. The predicted molar refractivity (Wildman–Crippen MR) is 134 cm³/mol. The second-order valence-corrected chi connectivity index (χ2v) is 9.05. The van der Waals surface area contributed by atoms with Crippen LogP contribution in [0.25, 0.3) is 11.0 Å². The van der Waals surface area contributed by atoms with Crippen LogP contribution in [-0.2, 0) is 13.0 Å². The first-order valence-electron chi connectivity index (χ1n) is 11.7. The Morgan fingerprint density at radius 1 is 1.06 bits per heavy atom. The van der Waals surface area contributed by atoms with E-state index >= 15 is 0 Å². The molecule has 1 aliphatic heterocycles. The minimum Gasteiger partial charge on any atom is -0.497 e. The summed E-state index contributed by atoms with van der Waals surface area (Å²) in [5.41, 5.74) is 4.94. The summed E-state index contributed by atoms with van der Waals surface area (Å²) < 4.78 is 5.42. The fourth-order valence-corrected chi connectivity index (χ4v) is 4.78. The molecule has 0 radical (unpaired) electrons. The van der Waals surface area contributed by atoms with Crippen molar-refractivity contribution in [2.24, 2.45) is 0 Å². The van der Waals surface area contributed by atoms with Crippen molar-refractivity contribution in [2.75, 3.05) is 26.7 Å². The fourth-order valence-electron chi connectivity index (χ4n) is 4.78. The van der Waals surface area contributed by atoms with E-state index in [1.165, 1.54) is 11.1 Å². The molecule has 0 saturated carbocycles. The molecule has 1 fully saturated rings. The molecule has 1 saturated heterocycles. The number of H-pyrrole nitrogens is 1. The zero-order valence-electron chi connectivity index (χ0n) is 19.7. The van der Waals surface area contributed by atoms with E-state index in [4.69, 9.17) is 4.74 Å². The second-order valence-electron chi connectivity index (χ2n) is 9.05. The number of benzene rings is 2. The van der Waals surface area contributed by atoms with Gasteiger partial charge in [-0.1, -0.05) is 42.5 Å². The zero-order chi connectivity index (χ0) is 23.5. The molecule has 2 aromatic carbocycles. The number of nitrogens with one attached hydrogen (secondary N) is 1. The van der Waals surface area contributed by atoms with Crippen LogP contribution in [0.2, 0.25) is 0 Å². The summed E-state index contributed by atoms with van der Waals surface area (Å²) in [5, 5.41) is 0.973. The first kappa shape index (κ1) is 22.2. The van der Waals surface area contributed by atoms with Gasteiger partial charge in [0.2, 0.25) is 0 Å². The van der Waals surface area contributed by atoms with E-state index in [1.54, 1.807) is 7.11 Å². The van der Waals surface area contributed by atoms with Crippen molar-refractivity contribution >= 4 is 16.9 Å². The number of methoxy groups -OCH3 is 1. The SMILES string of the molecule is COc1cccc(CN2CCN(C(=O)c3cc4cc(C)cnc4[nH]3)C[C@@H]2Cc2ccccc2)c1. The Morgan fingerprint density at radius 3 is 2.71 bits per heavy atom. The molecule has 0 aliphatic carbocycles. The standard InChI is InChI=1S/C28H30N4O2/c1-20-13-23-16-26(30-27(23)29-17-20)28(33)32-12-11-31(18-22-9-6-10-25(15-22)34-2)24(19-32)14-21-7-4-3-5-8-21/h3-10,13,15-17,24H,11-12,14,18-19H2,1-2H3,(H,29,30)/t24-/m0/s1. The number of pyridine rings is 1. The molecule has 6 heteroatoms. The highest BCUT2D eigenvalue weighted by molar-refractivity contribution is 5.97. The van der Waals surface area contributed by atoms with E-state index in [9.17, 15) is 4.79 Å². The largest absolute Gasteiger partial charge is 0.497 e. The maximum Gasteiger partial charge on any atom is 0.270 e. The molecule has 5 rings (SSSR count). The molecule has 1 aliphatic rings. The number of carbonyl (C=O) groups is 1. The van der Waals surface area contributed by atoms with Crippen LogP contribution in [0.3, 0.4) is 0 Å². The lowest BCUT2D eigenvalue weighted by Crippen LogP contribution is -2.55. The average Bonchev–Trinajstić information content (AvgIpc) is 3.28. The van der Waals surface area contributed by atoms with E-state index < -0.39 is 0 Å². The molecule has 3 heterocycles. The Balaban J connectivity index is 1.37. The minimum absolute atomic E-state index is 0.0368. The number of aromatic amines is 1. The molecule has 4 aromatic rings. The van der Waals surface area contributed by atoms with Crippen molar-refractivity contribution in [3.8, 4) is 5.75 Å². The molecule has 1 amide bonds. The number of nitrogens with zero attached hydrogens (tertiary/aromatic N) is 3. The second kappa shape index (κ2) is 9.69. The number of carbonyl (C=O) groups excluding carboxylic acids is 1. The lowest BCUT2D eigenvalue weighted by molar-refractivity contribution is 0.0455. The van der Waals surface area contributed by atoms with Crippen LogP contribution >= 0.6 is 0 Å². The van der Waals surface area contributed by atoms with Gasteiger partial charge in [0.1, 0.15) is 17.1 Å². The molecule has 2 aromatic heterocycles. The number of aryl methyl sites for hydroxylation is 1. The Bertz CT molecular complexity index is 1280. The van der Waals surface area contributed by atoms with Crippen LogP contribution < -0.4 is 4.74 Å². The summed E-state index contributed by atoms with van der Waals surface area (Å²) in [6.45, 7) is 5.02. The monoisotopic (exact) mass is 454 g/mol. The van der Waals surface area contributed by atoms with Crippen LogP contribution in [0.15, 0.2) is 72.9 Å². The quantitative estimate of drug-likeness (QED) is 0.468. The summed E-state index contributed by atoms with van der Waals surface area (Å²) in [6.07, 6.45) is 2.71. The van der Waals surface area contributed by atoms with Crippen LogP contribution in [0.1, 0.15) is 27.2 Å². The number of rotatable bonds is 6. The zero-order valence-corrected chi connectivity index (χ0v) is 19.7. The van der Waals surface area contributed by atoms with E-state index in [0.29, 0.717) is 18.8 Å². The molecule has 0 spiro atoms. The summed E-state index contributed by atoms with van der Waals surface area (Å²) >= 11 is 0. The van der Waals surface area contributed by atoms with Crippen molar-refractivity contribution in [3.05, 3.63) is 95.3 Å². The number of fused-ring (bicyclic) bond motifs is 1. The molecule has 174 valence electrons. The summed E-state index contributed by atoms with van der Waals surface area (Å²) in [4.78, 5) is 25.5. The van der Waals surface area contributed by atoms with Gasteiger partial charge in [-0.2, -0.15) is 0 Å². The van der Waals surface area contributed by atoms with Gasteiger partial charge in [-0.05, 0) is 54.3 Å². The number of ether oxygens (including phenoxy) is 1. The maximum absolute atomic E-state index is 13.4. The van der Waals surface area contributed by atoms with Gasteiger partial charge in [-0.25, -0.2) is 4.98 Å². The van der Waals surface area contributed by atoms with Gasteiger partial charge in [0.25, 0.3) is 5.91 Å². The maximum atomic E-state index is 13.4. The topological polar surface area (TPSA) is 61.5 Å². The number of piperazine rings is 1. The third kappa shape index (κ3) is 4.82. The highest BCUT2D eigenvalue weighted by Crippen LogP contribution is 2.22. The van der Waals surface area contributed by atoms with E-state index in [2.05, 4.69) is 57.3 Å². The van der Waals surface area contributed by atoms with Crippen LogP contribution in [-0.4, -0.2) is 58.5 Å². The van der Waals surface area contributed by atoms with Gasteiger partial charge in [0.15, 0.2) is 0 Å². The molecule has 0 bridgehead atoms. The summed E-state index contributed by atoms with van der Waals surface area (Å²) in [5.74, 6) is 0.906. The molecular weight excluding hydrogens is 424 g/mol. The fraction of sp³-hybridized carbons (Fsp3) is 0.286. The lowest BCUT2D eigenvalue weighted by Gasteiger charge is -2.41. The first-order valence-corrected chi connectivity index (χ1v) is 11.7. The van der Waals surface area contributed by atoms with Gasteiger partial charge >= 0.3 is 0 Å². The van der Waals surface area contributed by atoms with Crippen molar-refractivity contribution in [1.82, 2.24) is 19.8 Å². The Morgan fingerprint density at radius 2 is 1.88 bits per heavy atom. The lowest BCUT2D eigenvalue weighted by atomic mass is 10.0. The van der Waals surface area contributed by atoms with Crippen LogP contribution in [0.4, 0.5) is 0 Å². The highest BCUT2D eigenvalue weighted by atomic mass is 16.5. The van der Waals surface area contributed by atoms with Crippen LogP contribution in [0, 0.1) is 6.92 Å². The Hall–Kier alpha value is -3.64. The number of aromatic nitrogens is 2. The molecule has 6 nitrogen and oxygen atoms in total. The van der Waals surface area contributed by atoms with Crippen LogP contribution in [0.5, 0.6) is 5.75 Å². The van der Waals surface area contributed by atoms with E-state index in [1.807, 2.05) is 42.3 Å². The Labute approximate surface area is 200 Å². The van der Waals surface area contributed by atoms with Gasteiger partial charge in [-0.3, -0.25) is 9.69 Å². The van der Waals surface area contributed by atoms with Gasteiger partial charge in [0, 0.05) is 43.8 Å². The van der Waals surface area contributed by atoms with E-state index in [0.717, 1.165) is 41.9 Å².